The van der Waals surface area contributed by atoms with Crippen molar-refractivity contribution in [2.75, 3.05) is 18.9 Å². The summed E-state index contributed by atoms with van der Waals surface area (Å²) in [7, 11) is -5.34. The van der Waals surface area contributed by atoms with Gasteiger partial charge in [-0.25, -0.2) is 18.4 Å². The Balaban J connectivity index is 1.19. The maximum Gasteiger partial charge on any atom is 0.481 e. The summed E-state index contributed by atoms with van der Waals surface area (Å²) in [4.78, 5) is 24.3. The molecule has 41 heavy (non-hydrogen) atoms. The van der Waals surface area contributed by atoms with E-state index in [9.17, 15) is 45.0 Å². The number of aliphatic hydroxyl groups is 7. The molecule has 3 aliphatic rings. The molecular weight excluding hydrogens is 618 g/mol. The number of phosphoric acid groups is 1. The molecule has 5 rings (SSSR count). The highest BCUT2D eigenvalue weighted by Crippen LogP contribution is 2.64. The summed E-state index contributed by atoms with van der Waals surface area (Å²) in [6.45, 7) is -6.22. The largest absolute Gasteiger partial charge is 0.481 e. The van der Waals surface area contributed by atoms with Gasteiger partial charge in [-0.05, 0) is 23.9 Å². The van der Waals surface area contributed by atoms with E-state index in [1.807, 2.05) is 0 Å². The SMILES string of the molecule is Nc1ncnn2c([C@@H]3O[C@H](COP(O)(=S)OP(=O)(O)OC4OC5(O)C4C(O)C(O)C5[C@@H](O)CO)[C@@H](O)[C@H]3O)ccc12. The number of rotatable bonds is 10. The Hall–Kier alpha value is -1.26. The van der Waals surface area contributed by atoms with Crippen LogP contribution in [0.3, 0.4) is 0 Å². The first-order valence-electron chi connectivity index (χ1n) is 11.9. The predicted molar refractivity (Wildman–Crippen MR) is 133 cm³/mol. The Morgan fingerprint density at radius 1 is 1.17 bits per heavy atom. The Morgan fingerprint density at radius 3 is 2.56 bits per heavy atom. The number of fused-ring (bicyclic) bond motifs is 2. The second-order valence-corrected chi connectivity index (χ2v) is 14.1. The van der Waals surface area contributed by atoms with Gasteiger partial charge in [-0.2, -0.15) is 5.10 Å². The summed E-state index contributed by atoms with van der Waals surface area (Å²) in [6, 6.07) is 3.11. The number of hydrogen-bond acceptors (Lipinski definition) is 17. The highest BCUT2D eigenvalue weighted by Gasteiger charge is 2.73. The van der Waals surface area contributed by atoms with E-state index in [1.54, 1.807) is 12.1 Å². The fraction of sp³-hybridized carbons (Fsp3) is 0.684. The monoisotopic (exact) mass is 646 g/mol. The van der Waals surface area contributed by atoms with Crippen molar-refractivity contribution in [3.05, 3.63) is 24.2 Å². The van der Waals surface area contributed by atoms with E-state index in [1.165, 1.54) is 10.8 Å². The third-order valence-corrected chi connectivity index (χ3v) is 10.8. The van der Waals surface area contributed by atoms with Gasteiger partial charge in [0.25, 0.3) is 0 Å². The van der Waals surface area contributed by atoms with Crippen molar-refractivity contribution in [1.82, 2.24) is 14.6 Å². The molecule has 19 nitrogen and oxygen atoms in total. The smallest absolute Gasteiger partial charge is 0.394 e. The average molecular weight is 646 g/mol. The third-order valence-electron chi connectivity index (χ3n) is 7.25. The molecule has 1 saturated carbocycles. The zero-order chi connectivity index (χ0) is 30.1. The van der Waals surface area contributed by atoms with E-state index < -0.39 is 94.4 Å². The summed E-state index contributed by atoms with van der Waals surface area (Å²) in [5, 5.41) is 75.1. The van der Waals surface area contributed by atoms with Crippen LogP contribution >= 0.6 is 14.5 Å². The van der Waals surface area contributed by atoms with Crippen molar-refractivity contribution < 1.29 is 72.9 Å². The molecule has 230 valence electrons. The number of nitrogens with zero attached hydrogens (tertiary/aromatic N) is 3. The minimum absolute atomic E-state index is 0.158. The maximum atomic E-state index is 12.5. The Morgan fingerprint density at radius 2 is 1.88 bits per heavy atom. The number of aliphatic hydroxyl groups excluding tert-OH is 6. The van der Waals surface area contributed by atoms with Crippen molar-refractivity contribution in [2.24, 2.45) is 11.8 Å². The van der Waals surface area contributed by atoms with Crippen LogP contribution in [0.1, 0.15) is 11.8 Å². The van der Waals surface area contributed by atoms with E-state index in [4.69, 9.17) is 41.2 Å². The average Bonchev–Trinajstić information content (AvgIpc) is 3.47. The molecule has 4 heterocycles. The van der Waals surface area contributed by atoms with E-state index in [0.29, 0.717) is 11.2 Å². The lowest BCUT2D eigenvalue weighted by molar-refractivity contribution is -0.427. The van der Waals surface area contributed by atoms with Crippen LogP contribution in [-0.2, 0) is 39.2 Å². The van der Waals surface area contributed by atoms with Gasteiger partial charge in [-0.15, -0.1) is 0 Å². The van der Waals surface area contributed by atoms with Crippen LogP contribution in [0.4, 0.5) is 5.82 Å². The van der Waals surface area contributed by atoms with Crippen molar-refractivity contribution in [1.29, 1.82) is 0 Å². The van der Waals surface area contributed by atoms with Crippen LogP contribution in [0.2, 0.25) is 0 Å². The van der Waals surface area contributed by atoms with Crippen LogP contribution < -0.4 is 5.73 Å². The van der Waals surface area contributed by atoms with Gasteiger partial charge in [-0.1, -0.05) is 0 Å². The highest BCUT2D eigenvalue weighted by atomic mass is 32.5. The molecule has 0 radical (unpaired) electrons. The van der Waals surface area contributed by atoms with Gasteiger partial charge >= 0.3 is 14.5 Å². The number of hydrogen-bond donors (Lipinski definition) is 10. The number of ether oxygens (including phenoxy) is 2. The van der Waals surface area contributed by atoms with Crippen LogP contribution in [0.25, 0.3) is 5.52 Å². The summed E-state index contributed by atoms with van der Waals surface area (Å²) in [5.41, 5.74) is 6.53. The molecular formula is C19H28N4O15P2S. The van der Waals surface area contributed by atoms with Gasteiger partial charge in [0, 0.05) is 0 Å². The van der Waals surface area contributed by atoms with E-state index in [0.717, 1.165) is 0 Å². The molecule has 2 aromatic rings. The fourth-order valence-corrected chi connectivity index (χ4v) is 8.43. The molecule has 0 amide bonds. The lowest BCUT2D eigenvalue weighted by Gasteiger charge is -2.49. The molecule has 0 bridgehead atoms. The molecule has 3 fully saturated rings. The number of nitrogens with two attached hydrogens (primary N) is 1. The first-order valence-corrected chi connectivity index (χ1v) is 16.0. The van der Waals surface area contributed by atoms with Gasteiger partial charge in [0.15, 0.2) is 17.9 Å². The van der Waals surface area contributed by atoms with Gasteiger partial charge < -0.3 is 65.3 Å². The molecule has 2 aliphatic heterocycles. The van der Waals surface area contributed by atoms with Gasteiger partial charge in [0.2, 0.25) is 0 Å². The topological polar surface area (TPSA) is 302 Å². The normalized spacial score (nSPS) is 40.6. The zero-order valence-corrected chi connectivity index (χ0v) is 23.2. The maximum absolute atomic E-state index is 12.5. The number of aromatic nitrogens is 3. The quantitative estimate of drug-likeness (QED) is 0.111. The number of nitrogen functional groups attached to an aromatic ring is 1. The number of phosphoric ester groups is 1. The molecule has 0 aromatic carbocycles. The lowest BCUT2D eigenvalue weighted by Crippen LogP contribution is -2.64. The molecule has 13 atom stereocenters. The Bertz CT molecular complexity index is 1390. The van der Waals surface area contributed by atoms with E-state index in [2.05, 4.69) is 14.4 Å². The lowest BCUT2D eigenvalue weighted by atomic mass is 9.86. The molecule has 0 spiro atoms. The van der Waals surface area contributed by atoms with Crippen LogP contribution in [0.5, 0.6) is 0 Å². The van der Waals surface area contributed by atoms with Crippen molar-refractivity contribution in [2.45, 2.75) is 54.8 Å². The molecule has 1 aliphatic carbocycles. The predicted octanol–water partition coefficient (Wildman–Crippen LogP) is -3.79. The van der Waals surface area contributed by atoms with E-state index in [-0.39, 0.29) is 5.82 Å². The molecule has 8 unspecified atom stereocenters. The second kappa shape index (κ2) is 11.0. The van der Waals surface area contributed by atoms with Gasteiger partial charge in [0.1, 0.15) is 36.3 Å². The highest BCUT2D eigenvalue weighted by molar-refractivity contribution is 8.08. The van der Waals surface area contributed by atoms with Gasteiger partial charge in [-0.3, -0.25) is 4.52 Å². The molecule has 2 saturated heterocycles. The van der Waals surface area contributed by atoms with Crippen LogP contribution in [0.15, 0.2) is 18.5 Å². The van der Waals surface area contributed by atoms with Crippen LogP contribution in [-0.4, -0.2) is 122 Å². The zero-order valence-electron chi connectivity index (χ0n) is 20.6. The number of anilines is 1. The Labute approximate surface area is 235 Å². The first kappa shape index (κ1) is 31.2. The van der Waals surface area contributed by atoms with Crippen molar-refractivity contribution >= 4 is 37.7 Å². The fourth-order valence-electron chi connectivity index (χ4n) is 5.33. The Kier molecular flexibility index (Phi) is 8.38. The minimum Gasteiger partial charge on any atom is -0.394 e. The standard InChI is InChI=1S/C19H28N4O15P2S/c20-17-7-2-1-6(23(7)22-5-21-17)16-15(29)12(26)9(35-16)4-34-40(33,41)38-39(31,32)37-18-11-14(28)13(27)10(8(25)3-24)19(11,30)36-18/h1-2,5,8-16,18,24-30H,3-4H2,(H,31,32)(H,33,41)(H2,20,21,22)/t8-,9+,10?,11?,12+,13?,14?,15+,16-,18?,19?,40?/m0/s1. The summed E-state index contributed by atoms with van der Waals surface area (Å²) in [5.74, 6) is -5.40. The third kappa shape index (κ3) is 5.47. The van der Waals surface area contributed by atoms with Crippen molar-refractivity contribution in [3.8, 4) is 0 Å². The minimum atomic E-state index is -5.34. The summed E-state index contributed by atoms with van der Waals surface area (Å²) in [6.07, 6.45) is -11.5. The molecule has 22 heteroatoms. The van der Waals surface area contributed by atoms with Crippen LogP contribution in [0, 0.1) is 11.8 Å². The van der Waals surface area contributed by atoms with Crippen molar-refractivity contribution in [3.63, 3.8) is 0 Å². The summed E-state index contributed by atoms with van der Waals surface area (Å²) >= 11 is 4.75. The molecule has 2 aromatic heterocycles. The first-order chi connectivity index (χ1) is 19.1. The summed E-state index contributed by atoms with van der Waals surface area (Å²) < 4.78 is 39.0. The van der Waals surface area contributed by atoms with Gasteiger partial charge in [0.05, 0.1) is 49.1 Å². The molecule has 11 N–H and O–H groups in total. The van der Waals surface area contributed by atoms with E-state index >= 15 is 0 Å². The second-order valence-electron chi connectivity index (χ2n) is 9.72.